The lowest BCUT2D eigenvalue weighted by molar-refractivity contribution is 0.102. The third-order valence-corrected chi connectivity index (χ3v) is 5.11. The van der Waals surface area contributed by atoms with Crippen LogP contribution in [0, 0.1) is 0 Å². The van der Waals surface area contributed by atoms with Crippen molar-refractivity contribution in [3.05, 3.63) is 53.0 Å². The number of nitrogens with one attached hydrogen (secondary N) is 1. The van der Waals surface area contributed by atoms with E-state index >= 15 is 0 Å². The van der Waals surface area contributed by atoms with Gasteiger partial charge in [0, 0.05) is 34.9 Å². The summed E-state index contributed by atoms with van der Waals surface area (Å²) >= 11 is 2.85. The molecule has 4 rings (SSSR count). The maximum atomic E-state index is 12.2. The summed E-state index contributed by atoms with van der Waals surface area (Å²) in [6, 6.07) is 10.3. The fourth-order valence-corrected chi connectivity index (χ4v) is 3.81. The van der Waals surface area contributed by atoms with Gasteiger partial charge in [-0.25, -0.2) is 9.97 Å². The van der Waals surface area contributed by atoms with Gasteiger partial charge in [-0.05, 0) is 12.1 Å². The van der Waals surface area contributed by atoms with Crippen molar-refractivity contribution in [1.29, 1.82) is 0 Å². The fourth-order valence-electron chi connectivity index (χ4n) is 2.44. The SMILES string of the molecule is Cn1c(-c2nc(C(=O)Nc3nccs3)cs2)cc2ccccc21. The largest absolute Gasteiger partial charge is 0.342 e. The molecule has 0 unspecified atom stereocenters. The molecule has 5 nitrogen and oxygen atoms in total. The highest BCUT2D eigenvalue weighted by Gasteiger charge is 2.15. The Morgan fingerprint density at radius 3 is 2.91 bits per heavy atom. The van der Waals surface area contributed by atoms with Crippen molar-refractivity contribution in [3.8, 4) is 10.7 Å². The average molecular weight is 340 g/mol. The van der Waals surface area contributed by atoms with Crippen molar-refractivity contribution in [1.82, 2.24) is 14.5 Å². The standard InChI is InChI=1S/C16H12N4OS2/c1-20-12-5-3-2-4-10(12)8-13(20)15-18-11(9-23-15)14(21)19-16-17-6-7-22-16/h2-9H,1H3,(H,17,19,21). The van der Waals surface area contributed by atoms with Crippen molar-refractivity contribution >= 4 is 44.6 Å². The van der Waals surface area contributed by atoms with Crippen LogP contribution < -0.4 is 5.32 Å². The zero-order chi connectivity index (χ0) is 15.8. The number of hydrogen-bond acceptors (Lipinski definition) is 5. The Morgan fingerprint density at radius 1 is 1.26 bits per heavy atom. The van der Waals surface area contributed by atoms with E-state index in [1.54, 1.807) is 11.6 Å². The van der Waals surface area contributed by atoms with E-state index in [0.29, 0.717) is 10.8 Å². The molecule has 3 heterocycles. The molecular weight excluding hydrogens is 328 g/mol. The highest BCUT2D eigenvalue weighted by atomic mass is 32.1. The van der Waals surface area contributed by atoms with E-state index in [-0.39, 0.29) is 5.91 Å². The molecule has 0 fully saturated rings. The van der Waals surface area contributed by atoms with Crippen LogP contribution in [0.4, 0.5) is 5.13 Å². The smallest absolute Gasteiger partial charge is 0.276 e. The van der Waals surface area contributed by atoms with Crippen LogP contribution in [0.1, 0.15) is 10.5 Å². The normalized spacial score (nSPS) is 11.0. The summed E-state index contributed by atoms with van der Waals surface area (Å²) in [5, 5.41) is 8.91. The second-order valence-electron chi connectivity index (χ2n) is 4.98. The number of carbonyl (C=O) groups excluding carboxylic acids is 1. The summed E-state index contributed by atoms with van der Waals surface area (Å²) in [4.78, 5) is 20.7. The monoisotopic (exact) mass is 340 g/mol. The second kappa shape index (κ2) is 5.60. The lowest BCUT2D eigenvalue weighted by Gasteiger charge is -2.00. The van der Waals surface area contributed by atoms with Crippen LogP contribution in [0.2, 0.25) is 0 Å². The highest BCUT2D eigenvalue weighted by Crippen LogP contribution is 2.29. The molecule has 0 radical (unpaired) electrons. The topological polar surface area (TPSA) is 59.8 Å². The van der Waals surface area contributed by atoms with Crippen molar-refractivity contribution in [2.24, 2.45) is 7.05 Å². The minimum absolute atomic E-state index is 0.235. The Hall–Kier alpha value is -2.51. The van der Waals surface area contributed by atoms with Gasteiger partial charge in [-0.2, -0.15) is 0 Å². The molecule has 0 aliphatic rings. The third-order valence-electron chi connectivity index (χ3n) is 3.56. The Labute approximate surface area is 140 Å². The van der Waals surface area contributed by atoms with Crippen LogP contribution in [-0.4, -0.2) is 20.4 Å². The third kappa shape index (κ3) is 2.54. The maximum absolute atomic E-state index is 12.2. The number of amides is 1. The minimum Gasteiger partial charge on any atom is -0.342 e. The number of para-hydroxylation sites is 1. The molecule has 0 saturated carbocycles. The number of benzene rings is 1. The molecular formula is C16H12N4OS2. The van der Waals surface area contributed by atoms with E-state index in [2.05, 4.69) is 38.1 Å². The number of aromatic nitrogens is 3. The molecule has 1 amide bonds. The van der Waals surface area contributed by atoms with Crippen LogP contribution >= 0.6 is 22.7 Å². The number of thiazole rings is 2. The minimum atomic E-state index is -0.235. The lowest BCUT2D eigenvalue weighted by atomic mass is 10.2. The number of hydrogen-bond donors (Lipinski definition) is 1. The molecule has 0 atom stereocenters. The van der Waals surface area contributed by atoms with E-state index in [4.69, 9.17) is 0 Å². The number of aryl methyl sites for hydroxylation is 1. The van der Waals surface area contributed by atoms with Crippen molar-refractivity contribution in [2.45, 2.75) is 0 Å². The van der Waals surface area contributed by atoms with Crippen molar-refractivity contribution < 1.29 is 4.79 Å². The fraction of sp³-hybridized carbons (Fsp3) is 0.0625. The van der Waals surface area contributed by atoms with E-state index < -0.39 is 0 Å². The Morgan fingerprint density at radius 2 is 2.13 bits per heavy atom. The first kappa shape index (κ1) is 14.1. The lowest BCUT2D eigenvalue weighted by Crippen LogP contribution is -2.11. The molecule has 0 aliphatic carbocycles. The number of carbonyl (C=O) groups is 1. The summed E-state index contributed by atoms with van der Waals surface area (Å²) in [6.07, 6.45) is 1.66. The molecule has 23 heavy (non-hydrogen) atoms. The number of fused-ring (bicyclic) bond motifs is 1. The van der Waals surface area contributed by atoms with Gasteiger partial charge >= 0.3 is 0 Å². The first-order valence-electron chi connectivity index (χ1n) is 6.93. The summed E-state index contributed by atoms with van der Waals surface area (Å²) in [5.41, 5.74) is 2.56. The molecule has 114 valence electrons. The van der Waals surface area contributed by atoms with Gasteiger partial charge in [-0.1, -0.05) is 18.2 Å². The zero-order valence-corrected chi connectivity index (χ0v) is 13.8. The van der Waals surface area contributed by atoms with Crippen molar-refractivity contribution in [2.75, 3.05) is 5.32 Å². The van der Waals surface area contributed by atoms with Crippen LogP contribution in [0.5, 0.6) is 0 Å². The Kier molecular flexibility index (Phi) is 3.44. The van der Waals surface area contributed by atoms with E-state index in [1.807, 2.05) is 24.6 Å². The number of rotatable bonds is 3. The van der Waals surface area contributed by atoms with Crippen LogP contribution in [-0.2, 0) is 7.05 Å². The molecule has 4 aromatic rings. The molecule has 0 aliphatic heterocycles. The molecule has 1 aromatic carbocycles. The maximum Gasteiger partial charge on any atom is 0.276 e. The van der Waals surface area contributed by atoms with E-state index in [9.17, 15) is 4.79 Å². The first-order chi connectivity index (χ1) is 11.2. The van der Waals surface area contributed by atoms with Crippen LogP contribution in [0.15, 0.2) is 47.3 Å². The summed E-state index contributed by atoms with van der Waals surface area (Å²) in [6.45, 7) is 0. The average Bonchev–Trinajstić information content (AvgIpc) is 3.28. The van der Waals surface area contributed by atoms with Crippen LogP contribution in [0.25, 0.3) is 21.6 Å². The summed E-state index contributed by atoms with van der Waals surface area (Å²) in [5.74, 6) is -0.235. The summed E-state index contributed by atoms with van der Waals surface area (Å²) in [7, 11) is 2.01. The number of nitrogens with zero attached hydrogens (tertiary/aromatic N) is 3. The highest BCUT2D eigenvalue weighted by molar-refractivity contribution is 7.14. The molecule has 0 saturated heterocycles. The predicted molar refractivity (Wildman–Crippen MR) is 94.1 cm³/mol. The van der Waals surface area contributed by atoms with Gasteiger partial charge in [-0.15, -0.1) is 22.7 Å². The second-order valence-corrected chi connectivity index (χ2v) is 6.73. The molecule has 0 bridgehead atoms. The van der Waals surface area contributed by atoms with Crippen molar-refractivity contribution in [3.63, 3.8) is 0 Å². The predicted octanol–water partition coefficient (Wildman–Crippen LogP) is 4.01. The van der Waals surface area contributed by atoms with Gasteiger partial charge in [0.15, 0.2) is 5.13 Å². The van der Waals surface area contributed by atoms with Gasteiger partial charge in [-0.3, -0.25) is 10.1 Å². The van der Waals surface area contributed by atoms with E-state index in [0.717, 1.165) is 21.6 Å². The molecule has 0 spiro atoms. The van der Waals surface area contributed by atoms with Gasteiger partial charge in [0.1, 0.15) is 10.7 Å². The van der Waals surface area contributed by atoms with Gasteiger partial charge in [0.2, 0.25) is 0 Å². The van der Waals surface area contributed by atoms with Gasteiger partial charge < -0.3 is 4.57 Å². The molecule has 1 N–H and O–H groups in total. The van der Waals surface area contributed by atoms with E-state index in [1.165, 1.54) is 22.7 Å². The Bertz CT molecular complexity index is 985. The number of anilines is 1. The molecule has 3 aromatic heterocycles. The zero-order valence-electron chi connectivity index (χ0n) is 12.2. The van der Waals surface area contributed by atoms with Gasteiger partial charge in [0.05, 0.1) is 5.69 Å². The van der Waals surface area contributed by atoms with Gasteiger partial charge in [0.25, 0.3) is 5.91 Å². The molecule has 7 heteroatoms. The summed E-state index contributed by atoms with van der Waals surface area (Å²) < 4.78 is 2.09. The first-order valence-corrected chi connectivity index (χ1v) is 8.69. The van der Waals surface area contributed by atoms with Crippen LogP contribution in [0.3, 0.4) is 0 Å². The Balaban J connectivity index is 1.66. The quantitative estimate of drug-likeness (QED) is 0.613.